The maximum Gasteiger partial charge on any atom is 0.321 e. The highest BCUT2D eigenvalue weighted by Gasteiger charge is 2.20. The first-order valence-corrected chi connectivity index (χ1v) is 7.17. The zero-order valence-corrected chi connectivity index (χ0v) is 11.5. The van der Waals surface area contributed by atoms with E-state index >= 15 is 0 Å². The smallest absolute Gasteiger partial charge is 0.321 e. The number of benzene rings is 1. The van der Waals surface area contributed by atoms with Crippen molar-refractivity contribution in [1.29, 1.82) is 0 Å². The van der Waals surface area contributed by atoms with Crippen molar-refractivity contribution >= 4 is 17.6 Å². The number of alkyl halides is 1. The Morgan fingerprint density at radius 3 is 2.63 bits per heavy atom. The van der Waals surface area contributed by atoms with Gasteiger partial charge < -0.3 is 5.11 Å². The van der Waals surface area contributed by atoms with Gasteiger partial charge in [0.15, 0.2) is 0 Å². The standard InChI is InChI=1S/C15H18ClFO2/c16-13(15(18)19)8-10-6-7-12(14(17)9-10)11-4-2-1-3-5-11/h6-7,9,11,13H,1-5,8H2,(H,18,19). The van der Waals surface area contributed by atoms with Gasteiger partial charge in [0.1, 0.15) is 11.2 Å². The Morgan fingerprint density at radius 2 is 2.05 bits per heavy atom. The Bertz CT molecular complexity index is 455. The fourth-order valence-electron chi connectivity index (χ4n) is 2.74. The Balaban J connectivity index is 2.10. The lowest BCUT2D eigenvalue weighted by atomic mass is 9.83. The average Bonchev–Trinajstić information content (AvgIpc) is 2.39. The van der Waals surface area contributed by atoms with Gasteiger partial charge >= 0.3 is 5.97 Å². The number of hydrogen-bond donors (Lipinski definition) is 1. The third-order valence-corrected chi connectivity index (χ3v) is 4.13. The van der Waals surface area contributed by atoms with Crippen LogP contribution < -0.4 is 0 Å². The molecule has 1 aromatic rings. The predicted molar refractivity (Wildman–Crippen MR) is 73.2 cm³/mol. The van der Waals surface area contributed by atoms with Crippen LogP contribution in [0.5, 0.6) is 0 Å². The SMILES string of the molecule is O=C(O)C(Cl)Cc1ccc(C2CCCCC2)c(F)c1. The summed E-state index contributed by atoms with van der Waals surface area (Å²) in [6.45, 7) is 0. The van der Waals surface area contributed by atoms with Crippen molar-refractivity contribution < 1.29 is 14.3 Å². The van der Waals surface area contributed by atoms with E-state index in [1.807, 2.05) is 0 Å². The molecule has 0 radical (unpaired) electrons. The number of rotatable bonds is 4. The number of carbonyl (C=O) groups is 1. The molecule has 0 spiro atoms. The topological polar surface area (TPSA) is 37.3 Å². The summed E-state index contributed by atoms with van der Waals surface area (Å²) in [6.07, 6.45) is 5.80. The lowest BCUT2D eigenvalue weighted by molar-refractivity contribution is -0.136. The van der Waals surface area contributed by atoms with E-state index in [-0.39, 0.29) is 12.2 Å². The van der Waals surface area contributed by atoms with Gasteiger partial charge in [-0.1, -0.05) is 31.4 Å². The number of halogens is 2. The van der Waals surface area contributed by atoms with E-state index in [9.17, 15) is 9.18 Å². The molecule has 2 nitrogen and oxygen atoms in total. The molecule has 1 unspecified atom stereocenters. The minimum Gasteiger partial charge on any atom is -0.480 e. The molecule has 0 amide bonds. The number of aliphatic carboxylic acids is 1. The molecule has 1 atom stereocenters. The molecule has 1 saturated carbocycles. The maximum atomic E-state index is 14.1. The Labute approximate surface area is 117 Å². The summed E-state index contributed by atoms with van der Waals surface area (Å²) >= 11 is 5.67. The Hall–Kier alpha value is -1.09. The maximum absolute atomic E-state index is 14.1. The van der Waals surface area contributed by atoms with Gasteiger partial charge in [-0.3, -0.25) is 4.79 Å². The zero-order chi connectivity index (χ0) is 13.8. The lowest BCUT2D eigenvalue weighted by Crippen LogP contribution is -2.16. The number of carboxylic acids is 1. The fourth-order valence-corrected chi connectivity index (χ4v) is 2.91. The monoisotopic (exact) mass is 284 g/mol. The van der Waals surface area contributed by atoms with E-state index < -0.39 is 11.3 Å². The third-order valence-electron chi connectivity index (χ3n) is 3.79. The second-order valence-corrected chi connectivity index (χ2v) is 5.73. The number of carboxylic acid groups (broad SMARTS) is 1. The van der Waals surface area contributed by atoms with Crippen LogP contribution in [0.3, 0.4) is 0 Å². The highest BCUT2D eigenvalue weighted by Crippen LogP contribution is 2.34. The van der Waals surface area contributed by atoms with Gasteiger partial charge in [0.05, 0.1) is 0 Å². The van der Waals surface area contributed by atoms with Crippen LogP contribution in [-0.4, -0.2) is 16.5 Å². The molecule has 0 saturated heterocycles. The molecule has 19 heavy (non-hydrogen) atoms. The molecule has 0 aliphatic heterocycles. The summed E-state index contributed by atoms with van der Waals surface area (Å²) in [5.41, 5.74) is 1.41. The predicted octanol–water partition coefficient (Wildman–Crippen LogP) is 4.11. The largest absolute Gasteiger partial charge is 0.480 e. The molecular weight excluding hydrogens is 267 g/mol. The molecule has 4 heteroatoms. The minimum atomic E-state index is -1.07. The van der Waals surface area contributed by atoms with E-state index in [0.717, 1.165) is 31.2 Å². The first-order chi connectivity index (χ1) is 9.08. The molecule has 0 aromatic heterocycles. The molecule has 0 bridgehead atoms. The van der Waals surface area contributed by atoms with Crippen molar-refractivity contribution in [3.05, 3.63) is 35.1 Å². The summed E-state index contributed by atoms with van der Waals surface area (Å²) in [5.74, 6) is -0.980. The molecule has 1 aromatic carbocycles. The summed E-state index contributed by atoms with van der Waals surface area (Å²) in [4.78, 5) is 10.7. The van der Waals surface area contributed by atoms with Crippen LogP contribution in [0.25, 0.3) is 0 Å². The van der Waals surface area contributed by atoms with Gasteiger partial charge in [0, 0.05) is 0 Å². The van der Waals surface area contributed by atoms with Crippen molar-refractivity contribution in [1.82, 2.24) is 0 Å². The van der Waals surface area contributed by atoms with Crippen LogP contribution in [0.4, 0.5) is 4.39 Å². The molecule has 1 fully saturated rings. The van der Waals surface area contributed by atoms with Crippen LogP contribution >= 0.6 is 11.6 Å². The van der Waals surface area contributed by atoms with Gasteiger partial charge in [0.25, 0.3) is 0 Å². The Kier molecular flexibility index (Phi) is 4.81. The quantitative estimate of drug-likeness (QED) is 0.845. The van der Waals surface area contributed by atoms with Crippen LogP contribution in [-0.2, 0) is 11.2 Å². The molecule has 1 aliphatic carbocycles. The molecule has 2 rings (SSSR count). The van der Waals surface area contributed by atoms with Gasteiger partial charge in [-0.05, 0) is 42.4 Å². The molecular formula is C15H18ClFO2. The van der Waals surface area contributed by atoms with Crippen molar-refractivity contribution in [3.8, 4) is 0 Å². The Morgan fingerprint density at radius 1 is 1.37 bits per heavy atom. The summed E-state index contributed by atoms with van der Waals surface area (Å²) < 4.78 is 14.1. The first-order valence-electron chi connectivity index (χ1n) is 6.73. The number of hydrogen-bond acceptors (Lipinski definition) is 1. The fraction of sp³-hybridized carbons (Fsp3) is 0.533. The van der Waals surface area contributed by atoms with Gasteiger partial charge in [-0.25, -0.2) is 4.39 Å². The first kappa shape index (κ1) is 14.3. The summed E-state index contributed by atoms with van der Waals surface area (Å²) in [7, 11) is 0. The van der Waals surface area contributed by atoms with Crippen molar-refractivity contribution in [2.45, 2.75) is 49.8 Å². The van der Waals surface area contributed by atoms with Crippen molar-refractivity contribution in [2.24, 2.45) is 0 Å². The molecule has 0 heterocycles. The zero-order valence-electron chi connectivity index (χ0n) is 10.7. The summed E-state index contributed by atoms with van der Waals surface area (Å²) in [5, 5.41) is 7.75. The second-order valence-electron chi connectivity index (χ2n) is 5.20. The van der Waals surface area contributed by atoms with Crippen molar-refractivity contribution in [2.75, 3.05) is 0 Å². The summed E-state index contributed by atoms with van der Waals surface area (Å²) in [6, 6.07) is 5.03. The molecule has 1 N–H and O–H groups in total. The highest BCUT2D eigenvalue weighted by atomic mass is 35.5. The third kappa shape index (κ3) is 3.69. The minimum absolute atomic E-state index is 0.152. The lowest BCUT2D eigenvalue weighted by Gasteiger charge is -2.22. The molecule has 104 valence electrons. The van der Waals surface area contributed by atoms with Gasteiger partial charge in [0.2, 0.25) is 0 Å². The second kappa shape index (κ2) is 6.38. The van der Waals surface area contributed by atoms with Gasteiger partial charge in [-0.15, -0.1) is 11.6 Å². The van der Waals surface area contributed by atoms with E-state index in [0.29, 0.717) is 11.5 Å². The van der Waals surface area contributed by atoms with Crippen LogP contribution in [0.2, 0.25) is 0 Å². The van der Waals surface area contributed by atoms with Crippen molar-refractivity contribution in [3.63, 3.8) is 0 Å². The average molecular weight is 285 g/mol. The van der Waals surface area contributed by atoms with E-state index in [1.165, 1.54) is 12.5 Å². The van der Waals surface area contributed by atoms with E-state index in [1.54, 1.807) is 12.1 Å². The normalized spacial score (nSPS) is 18.2. The van der Waals surface area contributed by atoms with Crippen LogP contribution in [0.1, 0.15) is 49.1 Å². The van der Waals surface area contributed by atoms with E-state index in [2.05, 4.69) is 0 Å². The van der Waals surface area contributed by atoms with Gasteiger partial charge in [-0.2, -0.15) is 0 Å². The van der Waals surface area contributed by atoms with E-state index in [4.69, 9.17) is 16.7 Å². The van der Waals surface area contributed by atoms with Crippen LogP contribution in [0, 0.1) is 5.82 Å². The highest BCUT2D eigenvalue weighted by molar-refractivity contribution is 6.29. The van der Waals surface area contributed by atoms with Crippen LogP contribution in [0.15, 0.2) is 18.2 Å². The molecule has 1 aliphatic rings.